The van der Waals surface area contributed by atoms with Crippen molar-refractivity contribution in [3.05, 3.63) is 45.5 Å². The summed E-state index contributed by atoms with van der Waals surface area (Å²) in [5, 5.41) is 10.6. The van der Waals surface area contributed by atoms with Gasteiger partial charge in [-0.05, 0) is 24.6 Å². The molecule has 1 aromatic rings. The fourth-order valence-corrected chi connectivity index (χ4v) is 2.16. The average molecular weight is 206 g/mol. The summed E-state index contributed by atoms with van der Waals surface area (Å²) in [6.07, 6.45) is 0.987. The van der Waals surface area contributed by atoms with Gasteiger partial charge in [0.05, 0.1) is 0 Å². The summed E-state index contributed by atoms with van der Waals surface area (Å²) in [7, 11) is 1.95. The van der Waals surface area contributed by atoms with Crippen LogP contribution in [0.2, 0.25) is 0 Å². The molecule has 1 aliphatic rings. The van der Waals surface area contributed by atoms with Gasteiger partial charge in [-0.25, -0.2) is 0 Å². The van der Waals surface area contributed by atoms with Crippen molar-refractivity contribution < 1.29 is 4.92 Å². The van der Waals surface area contributed by atoms with Gasteiger partial charge in [0.1, 0.15) is 6.04 Å². The number of likely N-dealkylation sites (N-methyl/N-ethyl adjacent to an activating group) is 1. The van der Waals surface area contributed by atoms with Gasteiger partial charge in [0.2, 0.25) is 6.54 Å². The lowest BCUT2D eigenvalue weighted by atomic mass is 9.93. The van der Waals surface area contributed by atoms with E-state index < -0.39 is 0 Å². The van der Waals surface area contributed by atoms with Gasteiger partial charge in [-0.2, -0.15) is 0 Å². The smallest absolute Gasteiger partial charge is 0.223 e. The zero-order valence-corrected chi connectivity index (χ0v) is 8.72. The van der Waals surface area contributed by atoms with Crippen LogP contribution >= 0.6 is 0 Å². The molecule has 1 heterocycles. The largest absolute Gasteiger partial charge is 0.293 e. The van der Waals surface area contributed by atoms with Gasteiger partial charge >= 0.3 is 0 Å². The van der Waals surface area contributed by atoms with E-state index in [0.29, 0.717) is 0 Å². The molecule has 1 aliphatic heterocycles. The molecular weight excluding hydrogens is 192 g/mol. The summed E-state index contributed by atoms with van der Waals surface area (Å²) in [6.45, 7) is 0.892. The summed E-state index contributed by atoms with van der Waals surface area (Å²) in [4.78, 5) is 12.4. The van der Waals surface area contributed by atoms with Gasteiger partial charge < -0.3 is 0 Å². The van der Waals surface area contributed by atoms with Gasteiger partial charge in [-0.1, -0.05) is 24.3 Å². The number of fused-ring (bicyclic) bond motifs is 1. The van der Waals surface area contributed by atoms with Crippen LogP contribution in [0.25, 0.3) is 0 Å². The van der Waals surface area contributed by atoms with Gasteiger partial charge in [0, 0.05) is 11.5 Å². The summed E-state index contributed by atoms with van der Waals surface area (Å²) in [5.74, 6) is 0. The highest BCUT2D eigenvalue weighted by Gasteiger charge is 2.27. The maximum Gasteiger partial charge on any atom is 0.223 e. The Morgan fingerprint density at radius 2 is 2.27 bits per heavy atom. The Kier molecular flexibility index (Phi) is 2.68. The van der Waals surface area contributed by atoms with Crippen molar-refractivity contribution in [2.75, 3.05) is 20.1 Å². The topological polar surface area (TPSA) is 46.4 Å². The van der Waals surface area contributed by atoms with Crippen molar-refractivity contribution >= 4 is 0 Å². The molecule has 0 saturated heterocycles. The monoisotopic (exact) mass is 206 g/mol. The first kappa shape index (κ1) is 10.1. The predicted octanol–water partition coefficient (Wildman–Crippen LogP) is 1.49. The van der Waals surface area contributed by atoms with Gasteiger partial charge in [0.15, 0.2) is 0 Å². The number of hydrogen-bond acceptors (Lipinski definition) is 3. The minimum atomic E-state index is -0.233. The van der Waals surface area contributed by atoms with Crippen LogP contribution < -0.4 is 0 Å². The number of nitro groups is 1. The fourth-order valence-electron chi connectivity index (χ4n) is 2.16. The Labute approximate surface area is 88.7 Å². The van der Waals surface area contributed by atoms with Crippen LogP contribution in [0.15, 0.2) is 24.3 Å². The molecule has 0 spiro atoms. The SMILES string of the molecule is CN1CCc2ccccc2C1C[N+](=O)[O-]. The molecule has 1 unspecified atom stereocenters. The predicted molar refractivity (Wildman–Crippen MR) is 57.4 cm³/mol. The highest BCUT2D eigenvalue weighted by atomic mass is 16.6. The van der Waals surface area contributed by atoms with E-state index in [2.05, 4.69) is 11.0 Å². The van der Waals surface area contributed by atoms with Crippen molar-refractivity contribution in [3.63, 3.8) is 0 Å². The van der Waals surface area contributed by atoms with Gasteiger partial charge in [-0.3, -0.25) is 15.0 Å². The Bertz CT molecular complexity index is 379. The lowest BCUT2D eigenvalue weighted by Crippen LogP contribution is -2.36. The normalized spacial score (nSPS) is 21.0. The van der Waals surface area contributed by atoms with E-state index in [1.165, 1.54) is 5.56 Å². The molecule has 0 aliphatic carbocycles. The zero-order valence-electron chi connectivity index (χ0n) is 8.72. The van der Waals surface area contributed by atoms with Crippen molar-refractivity contribution in [2.24, 2.45) is 0 Å². The van der Waals surface area contributed by atoms with E-state index in [0.717, 1.165) is 18.5 Å². The number of benzene rings is 1. The summed E-state index contributed by atoms with van der Waals surface area (Å²) < 4.78 is 0. The lowest BCUT2D eigenvalue weighted by molar-refractivity contribution is -0.488. The van der Waals surface area contributed by atoms with Crippen LogP contribution in [-0.4, -0.2) is 30.0 Å². The number of nitrogens with zero attached hydrogens (tertiary/aromatic N) is 2. The van der Waals surface area contributed by atoms with Crippen molar-refractivity contribution in [3.8, 4) is 0 Å². The summed E-state index contributed by atoms with van der Waals surface area (Å²) in [6, 6.07) is 7.94. The van der Waals surface area contributed by atoms with Crippen molar-refractivity contribution in [1.29, 1.82) is 0 Å². The minimum Gasteiger partial charge on any atom is -0.293 e. The molecule has 0 amide bonds. The Balaban J connectivity index is 2.32. The standard InChI is InChI=1S/C11H14N2O2/c1-12-7-6-9-4-2-3-5-10(9)11(12)8-13(14)15/h2-5,11H,6-8H2,1H3. The highest BCUT2D eigenvalue weighted by Crippen LogP contribution is 2.28. The van der Waals surface area contributed by atoms with Crippen LogP contribution in [0.1, 0.15) is 17.2 Å². The minimum absolute atomic E-state index is 0.00644. The first-order valence-electron chi connectivity index (χ1n) is 5.08. The maximum atomic E-state index is 10.6. The molecule has 80 valence electrons. The lowest BCUT2D eigenvalue weighted by Gasteiger charge is -2.31. The van der Waals surface area contributed by atoms with E-state index in [4.69, 9.17) is 0 Å². The highest BCUT2D eigenvalue weighted by molar-refractivity contribution is 5.32. The van der Waals surface area contributed by atoms with Crippen molar-refractivity contribution in [1.82, 2.24) is 4.90 Å². The van der Waals surface area contributed by atoms with E-state index >= 15 is 0 Å². The quantitative estimate of drug-likeness (QED) is 0.544. The van der Waals surface area contributed by atoms with Crippen LogP contribution in [0, 0.1) is 10.1 Å². The van der Waals surface area contributed by atoms with Crippen LogP contribution in [0.5, 0.6) is 0 Å². The van der Waals surface area contributed by atoms with E-state index in [-0.39, 0.29) is 17.5 Å². The second-order valence-corrected chi connectivity index (χ2v) is 3.96. The third kappa shape index (κ3) is 1.99. The average Bonchev–Trinajstić information content (AvgIpc) is 2.22. The molecule has 0 saturated carbocycles. The summed E-state index contributed by atoms with van der Waals surface area (Å²) >= 11 is 0. The second kappa shape index (κ2) is 3.98. The van der Waals surface area contributed by atoms with Crippen molar-refractivity contribution in [2.45, 2.75) is 12.5 Å². The molecule has 0 fully saturated rings. The summed E-state index contributed by atoms with van der Waals surface area (Å²) in [5.41, 5.74) is 2.37. The third-order valence-corrected chi connectivity index (χ3v) is 3.00. The Morgan fingerprint density at radius 1 is 1.53 bits per heavy atom. The fraction of sp³-hybridized carbons (Fsp3) is 0.455. The molecular formula is C11H14N2O2. The number of rotatable bonds is 2. The third-order valence-electron chi connectivity index (χ3n) is 3.00. The van der Waals surface area contributed by atoms with Crippen LogP contribution in [-0.2, 0) is 6.42 Å². The first-order valence-corrected chi connectivity index (χ1v) is 5.08. The molecule has 4 nitrogen and oxygen atoms in total. The molecule has 15 heavy (non-hydrogen) atoms. The molecule has 0 N–H and O–H groups in total. The van der Waals surface area contributed by atoms with Gasteiger partial charge in [-0.15, -0.1) is 0 Å². The Hall–Kier alpha value is -1.42. The molecule has 0 radical (unpaired) electrons. The maximum absolute atomic E-state index is 10.6. The van der Waals surface area contributed by atoms with Crippen LogP contribution in [0.3, 0.4) is 0 Å². The van der Waals surface area contributed by atoms with E-state index in [1.807, 2.05) is 25.2 Å². The number of hydrogen-bond donors (Lipinski definition) is 0. The van der Waals surface area contributed by atoms with Gasteiger partial charge in [0.25, 0.3) is 0 Å². The molecule has 0 aromatic heterocycles. The van der Waals surface area contributed by atoms with E-state index in [9.17, 15) is 10.1 Å². The molecule has 1 aromatic carbocycles. The Morgan fingerprint density at radius 3 is 3.00 bits per heavy atom. The molecule has 1 atom stereocenters. The van der Waals surface area contributed by atoms with E-state index in [1.54, 1.807) is 0 Å². The molecule has 2 rings (SSSR count). The second-order valence-electron chi connectivity index (χ2n) is 3.96. The molecule has 4 heteroatoms. The van der Waals surface area contributed by atoms with Crippen LogP contribution in [0.4, 0.5) is 0 Å². The molecule has 0 bridgehead atoms. The first-order chi connectivity index (χ1) is 7.18. The zero-order chi connectivity index (χ0) is 10.8.